The summed E-state index contributed by atoms with van der Waals surface area (Å²) in [5, 5.41) is 0. The minimum Gasteiger partial charge on any atom is -0.460 e. The van der Waals surface area contributed by atoms with Gasteiger partial charge in [0, 0.05) is 0 Å². The van der Waals surface area contributed by atoms with Gasteiger partial charge in [0.25, 0.3) is 0 Å². The third-order valence-corrected chi connectivity index (χ3v) is 2.89. The van der Waals surface area contributed by atoms with Crippen molar-refractivity contribution in [2.24, 2.45) is 0 Å². The largest absolute Gasteiger partial charge is 0.530 e. The van der Waals surface area contributed by atoms with Crippen molar-refractivity contribution in [2.75, 3.05) is 19.8 Å². The molecule has 0 bridgehead atoms. The minimum absolute atomic E-state index is 0.132. The fraction of sp³-hybridized carbons (Fsp3) is 0.667. The van der Waals surface area contributed by atoms with E-state index in [1.807, 2.05) is 0 Å². The number of ether oxygens (including phenoxy) is 1. The highest BCUT2D eigenvalue weighted by molar-refractivity contribution is 7.48. The Morgan fingerprint density at radius 2 is 1.62 bits per heavy atom. The van der Waals surface area contributed by atoms with Gasteiger partial charge in [-0.2, -0.15) is 0 Å². The first kappa shape index (κ1) is 15.2. The monoisotopic (exact) mass is 252 g/mol. The fourth-order valence-corrected chi connectivity index (χ4v) is 1.95. The van der Waals surface area contributed by atoms with E-state index in [0.717, 1.165) is 0 Å². The molecule has 0 aliphatic carbocycles. The van der Waals surface area contributed by atoms with E-state index < -0.39 is 19.6 Å². The van der Waals surface area contributed by atoms with E-state index in [4.69, 9.17) is 13.6 Å². The van der Waals surface area contributed by atoms with E-state index in [0.29, 0.717) is 0 Å². The number of phosphoric acid groups is 1. The first-order valence-electron chi connectivity index (χ1n) is 4.93. The van der Waals surface area contributed by atoms with Crippen LogP contribution in [0.25, 0.3) is 0 Å². The quantitative estimate of drug-likeness (QED) is 0.285. The molecule has 0 N–H and O–H groups in total. The van der Waals surface area contributed by atoms with Crippen molar-refractivity contribution in [1.29, 1.82) is 0 Å². The van der Waals surface area contributed by atoms with E-state index in [1.165, 1.54) is 0 Å². The predicted molar refractivity (Wildman–Crippen MR) is 57.7 cm³/mol. The fourth-order valence-electron chi connectivity index (χ4n) is 0.790. The third-order valence-electron chi connectivity index (χ3n) is 1.30. The van der Waals surface area contributed by atoms with Crippen molar-refractivity contribution < 1.29 is 27.7 Å². The lowest BCUT2D eigenvalue weighted by Gasteiger charge is -2.17. The molecule has 7 heteroatoms. The molecule has 16 heavy (non-hydrogen) atoms. The van der Waals surface area contributed by atoms with Crippen molar-refractivity contribution in [3.8, 4) is 0 Å². The SMILES string of the molecule is C=C(OP(=O)(OCC)OCC)C(=O)OCC. The zero-order valence-corrected chi connectivity index (χ0v) is 10.6. The Morgan fingerprint density at radius 3 is 2.00 bits per heavy atom. The number of hydrogen-bond donors (Lipinski definition) is 0. The van der Waals surface area contributed by atoms with Crippen LogP contribution in [0.5, 0.6) is 0 Å². The summed E-state index contributed by atoms with van der Waals surface area (Å²) in [6.45, 7) is 8.62. The van der Waals surface area contributed by atoms with Crippen LogP contribution in [0.2, 0.25) is 0 Å². The molecule has 0 fully saturated rings. The molecular formula is C9H17O6P. The van der Waals surface area contributed by atoms with Gasteiger partial charge in [-0.3, -0.25) is 9.05 Å². The van der Waals surface area contributed by atoms with Gasteiger partial charge in [-0.1, -0.05) is 0 Å². The number of phosphoric ester groups is 1. The van der Waals surface area contributed by atoms with Gasteiger partial charge in [-0.05, 0) is 27.4 Å². The van der Waals surface area contributed by atoms with Crippen molar-refractivity contribution in [1.82, 2.24) is 0 Å². The van der Waals surface area contributed by atoms with Crippen molar-refractivity contribution in [3.63, 3.8) is 0 Å². The van der Waals surface area contributed by atoms with Gasteiger partial charge in [0.1, 0.15) is 0 Å². The van der Waals surface area contributed by atoms with Gasteiger partial charge >= 0.3 is 13.8 Å². The molecule has 0 saturated carbocycles. The summed E-state index contributed by atoms with van der Waals surface area (Å²) in [6.07, 6.45) is 0. The first-order chi connectivity index (χ1) is 7.49. The highest BCUT2D eigenvalue weighted by atomic mass is 31.2. The molecule has 0 aromatic heterocycles. The number of carbonyl (C=O) groups is 1. The van der Waals surface area contributed by atoms with Crippen LogP contribution in [0.3, 0.4) is 0 Å². The number of esters is 1. The zero-order chi connectivity index (χ0) is 12.6. The topological polar surface area (TPSA) is 71.1 Å². The standard InChI is InChI=1S/C9H17O6P/c1-5-12-9(10)8(4)15-16(11,13-6-2)14-7-3/h4-7H2,1-3H3. The van der Waals surface area contributed by atoms with Crippen molar-refractivity contribution in [3.05, 3.63) is 12.3 Å². The van der Waals surface area contributed by atoms with Crippen LogP contribution in [0.4, 0.5) is 0 Å². The van der Waals surface area contributed by atoms with E-state index in [1.54, 1.807) is 20.8 Å². The molecule has 0 unspecified atom stereocenters. The first-order valence-corrected chi connectivity index (χ1v) is 6.39. The Hall–Kier alpha value is -0.840. The van der Waals surface area contributed by atoms with Gasteiger partial charge in [-0.15, -0.1) is 0 Å². The molecule has 6 nitrogen and oxygen atoms in total. The van der Waals surface area contributed by atoms with Gasteiger partial charge in [-0.25, -0.2) is 9.36 Å². The Kier molecular flexibility index (Phi) is 7.05. The summed E-state index contributed by atoms with van der Waals surface area (Å²) in [5.74, 6) is -1.19. The lowest BCUT2D eigenvalue weighted by atomic mass is 10.6. The highest BCUT2D eigenvalue weighted by Gasteiger charge is 2.30. The zero-order valence-electron chi connectivity index (χ0n) is 9.73. The normalized spacial score (nSPS) is 10.9. The smallest absolute Gasteiger partial charge is 0.460 e. The van der Waals surface area contributed by atoms with Crippen LogP contribution in [0.15, 0.2) is 12.3 Å². The molecule has 94 valence electrons. The van der Waals surface area contributed by atoms with E-state index in [2.05, 4.69) is 11.3 Å². The molecule has 0 amide bonds. The van der Waals surface area contributed by atoms with Crippen LogP contribution in [-0.4, -0.2) is 25.8 Å². The second kappa shape index (κ2) is 7.44. The average Bonchev–Trinajstić information content (AvgIpc) is 2.18. The van der Waals surface area contributed by atoms with Gasteiger partial charge in [0.2, 0.25) is 5.76 Å². The number of hydrogen-bond acceptors (Lipinski definition) is 6. The molecule has 0 aromatic carbocycles. The summed E-state index contributed by atoms with van der Waals surface area (Å²) in [7, 11) is -3.75. The number of carbonyl (C=O) groups excluding carboxylic acids is 1. The summed E-state index contributed by atoms with van der Waals surface area (Å²) >= 11 is 0. The summed E-state index contributed by atoms with van der Waals surface area (Å²) in [4.78, 5) is 11.2. The van der Waals surface area contributed by atoms with Crippen LogP contribution in [0.1, 0.15) is 20.8 Å². The molecule has 0 heterocycles. The van der Waals surface area contributed by atoms with Gasteiger partial charge in [0.05, 0.1) is 19.8 Å². The predicted octanol–water partition coefficient (Wildman–Crippen LogP) is 2.26. The van der Waals surface area contributed by atoms with Crippen LogP contribution in [0, 0.1) is 0 Å². The molecule has 0 radical (unpaired) electrons. The molecular weight excluding hydrogens is 235 g/mol. The Bertz CT molecular complexity index is 278. The maximum Gasteiger partial charge on any atom is 0.530 e. The van der Waals surface area contributed by atoms with Crippen LogP contribution >= 0.6 is 7.82 Å². The lowest BCUT2D eigenvalue weighted by molar-refractivity contribution is -0.141. The second-order valence-corrected chi connectivity index (χ2v) is 4.11. The Labute approximate surface area is 95.1 Å². The van der Waals surface area contributed by atoms with Gasteiger partial charge in [0.15, 0.2) is 0 Å². The summed E-state index contributed by atoms with van der Waals surface area (Å²) in [5.41, 5.74) is 0. The molecule has 0 rings (SSSR count). The van der Waals surface area contributed by atoms with Crippen LogP contribution in [-0.2, 0) is 27.7 Å². The average molecular weight is 252 g/mol. The van der Waals surface area contributed by atoms with Crippen molar-refractivity contribution >= 4 is 13.8 Å². The highest BCUT2D eigenvalue weighted by Crippen LogP contribution is 2.50. The minimum atomic E-state index is -3.75. The molecule has 0 atom stereocenters. The Balaban J connectivity index is 4.45. The van der Waals surface area contributed by atoms with E-state index >= 15 is 0 Å². The molecule has 0 saturated heterocycles. The van der Waals surface area contributed by atoms with Gasteiger partial charge < -0.3 is 9.26 Å². The summed E-state index contributed by atoms with van der Waals surface area (Å²) < 4.78 is 30.8. The maximum atomic E-state index is 11.8. The van der Waals surface area contributed by atoms with E-state index in [-0.39, 0.29) is 19.8 Å². The molecule has 0 aromatic rings. The lowest BCUT2D eigenvalue weighted by Crippen LogP contribution is -2.10. The Morgan fingerprint density at radius 1 is 1.12 bits per heavy atom. The molecule has 0 spiro atoms. The second-order valence-electron chi connectivity index (χ2n) is 2.52. The van der Waals surface area contributed by atoms with Crippen molar-refractivity contribution in [2.45, 2.75) is 20.8 Å². The third kappa shape index (κ3) is 5.30. The van der Waals surface area contributed by atoms with Crippen LogP contribution < -0.4 is 0 Å². The molecule has 0 aliphatic rings. The molecule has 0 aliphatic heterocycles. The van der Waals surface area contributed by atoms with E-state index in [9.17, 15) is 9.36 Å². The summed E-state index contributed by atoms with van der Waals surface area (Å²) in [6, 6.07) is 0. The number of rotatable bonds is 8. The maximum absolute atomic E-state index is 11.8.